The number of nitrogens with two attached hydrogens (primary N) is 1. The zero-order valence-electron chi connectivity index (χ0n) is 10.1. The molecule has 3 N–H and O–H groups in total. The number of anilines is 2. The number of benzene rings is 1. The van der Waals surface area contributed by atoms with Crippen molar-refractivity contribution in [3.63, 3.8) is 0 Å². The van der Waals surface area contributed by atoms with E-state index in [4.69, 9.17) is 17.3 Å². The Morgan fingerprint density at radius 1 is 1.45 bits per heavy atom. The van der Waals surface area contributed by atoms with Crippen molar-refractivity contribution in [1.82, 2.24) is 9.55 Å². The van der Waals surface area contributed by atoms with Crippen molar-refractivity contribution in [2.45, 2.75) is 6.54 Å². The number of carbonyl (C=O) groups excluding carboxylic acids is 1. The molecule has 1 heterocycles. The van der Waals surface area contributed by atoms with Crippen LogP contribution in [0, 0.1) is 5.82 Å². The van der Waals surface area contributed by atoms with Crippen LogP contribution in [0.1, 0.15) is 0 Å². The smallest absolute Gasteiger partial charge is 0.278 e. The lowest BCUT2D eigenvalue weighted by molar-refractivity contribution is -0.116. The van der Waals surface area contributed by atoms with Gasteiger partial charge in [-0.25, -0.2) is 9.37 Å². The minimum atomic E-state index is -0.631. The van der Waals surface area contributed by atoms with Gasteiger partial charge in [-0.15, -0.1) is 0 Å². The number of hydrogen-bond acceptors (Lipinski definition) is 4. The fraction of sp³-hybridized carbons (Fsp3) is 0.0833. The molecule has 1 aromatic heterocycles. The monoisotopic (exact) mass is 296 g/mol. The first kappa shape index (κ1) is 14.0. The molecular formula is C12H10ClFN4O2. The number of nitrogens with one attached hydrogen (secondary N) is 1. The molecule has 0 aliphatic carbocycles. The topological polar surface area (TPSA) is 90.0 Å². The second kappa shape index (κ2) is 5.70. The number of carbonyl (C=O) groups is 1. The van der Waals surface area contributed by atoms with Crippen molar-refractivity contribution in [1.29, 1.82) is 0 Å². The molecule has 1 amide bonds. The number of nitrogens with zero attached hydrogens (tertiary/aromatic N) is 2. The molecule has 1 aromatic carbocycles. The molecule has 0 bridgehead atoms. The van der Waals surface area contributed by atoms with Gasteiger partial charge < -0.3 is 11.1 Å². The number of halogens is 2. The molecule has 0 radical (unpaired) electrons. The van der Waals surface area contributed by atoms with Gasteiger partial charge in [0.05, 0.1) is 12.0 Å². The van der Waals surface area contributed by atoms with Gasteiger partial charge in [0.2, 0.25) is 5.91 Å². The molecule has 0 saturated heterocycles. The second-order valence-corrected chi connectivity index (χ2v) is 4.27. The average Bonchev–Trinajstić information content (AvgIpc) is 2.42. The Morgan fingerprint density at radius 3 is 2.85 bits per heavy atom. The largest absolute Gasteiger partial charge is 0.392 e. The molecule has 0 aliphatic rings. The highest BCUT2D eigenvalue weighted by atomic mass is 35.5. The molecule has 0 unspecified atom stereocenters. The minimum absolute atomic E-state index is 0.0282. The van der Waals surface area contributed by atoms with Crippen LogP contribution in [0.2, 0.25) is 5.15 Å². The number of para-hydroxylation sites is 1. The van der Waals surface area contributed by atoms with E-state index in [9.17, 15) is 14.0 Å². The van der Waals surface area contributed by atoms with Crippen LogP contribution in [0.3, 0.4) is 0 Å². The molecule has 20 heavy (non-hydrogen) atoms. The van der Waals surface area contributed by atoms with Crippen molar-refractivity contribution in [2.24, 2.45) is 0 Å². The third-order valence-corrected chi connectivity index (χ3v) is 2.79. The Morgan fingerprint density at radius 2 is 2.15 bits per heavy atom. The van der Waals surface area contributed by atoms with Crippen molar-refractivity contribution < 1.29 is 9.18 Å². The summed E-state index contributed by atoms with van der Waals surface area (Å²) < 4.78 is 14.3. The van der Waals surface area contributed by atoms with E-state index in [0.29, 0.717) is 0 Å². The Kier molecular flexibility index (Phi) is 3.99. The molecule has 0 saturated carbocycles. The third-order valence-electron chi connectivity index (χ3n) is 2.49. The van der Waals surface area contributed by atoms with Gasteiger partial charge in [-0.3, -0.25) is 14.2 Å². The first-order valence-corrected chi connectivity index (χ1v) is 5.91. The number of nitrogen functional groups attached to an aromatic ring is 1. The molecule has 0 aliphatic heterocycles. The number of amides is 1. The van der Waals surface area contributed by atoms with E-state index >= 15 is 0 Å². The van der Waals surface area contributed by atoms with E-state index in [1.807, 2.05) is 0 Å². The molecule has 2 aromatic rings. The Labute approximate surface area is 118 Å². The van der Waals surface area contributed by atoms with Gasteiger partial charge in [0.25, 0.3) is 5.56 Å². The molecule has 8 heteroatoms. The van der Waals surface area contributed by atoms with Gasteiger partial charge in [0, 0.05) is 0 Å². The molecule has 0 fully saturated rings. The predicted octanol–water partition coefficient (Wildman–Crippen LogP) is 1.26. The van der Waals surface area contributed by atoms with E-state index in [2.05, 4.69) is 10.3 Å². The SMILES string of the molecule is Nc1c(Cl)ncn(CC(=O)Nc2ccccc2F)c1=O. The van der Waals surface area contributed by atoms with Crippen LogP contribution in [0.25, 0.3) is 0 Å². The lowest BCUT2D eigenvalue weighted by Gasteiger charge is -2.08. The summed E-state index contributed by atoms with van der Waals surface area (Å²) in [5.74, 6) is -1.15. The third kappa shape index (κ3) is 2.94. The number of hydrogen-bond donors (Lipinski definition) is 2. The van der Waals surface area contributed by atoms with Crippen LogP contribution in [0.5, 0.6) is 0 Å². The van der Waals surface area contributed by atoms with Crippen molar-refractivity contribution >= 4 is 28.9 Å². The quantitative estimate of drug-likeness (QED) is 0.834. The number of aromatic nitrogens is 2. The maximum Gasteiger partial charge on any atom is 0.278 e. The highest BCUT2D eigenvalue weighted by Gasteiger charge is 2.11. The van der Waals surface area contributed by atoms with Crippen LogP contribution < -0.4 is 16.6 Å². The van der Waals surface area contributed by atoms with Crippen molar-refractivity contribution in [3.8, 4) is 0 Å². The fourth-order valence-electron chi connectivity index (χ4n) is 1.50. The summed E-state index contributed by atoms with van der Waals surface area (Å²) in [6, 6.07) is 5.69. The lowest BCUT2D eigenvalue weighted by atomic mass is 10.3. The highest BCUT2D eigenvalue weighted by molar-refractivity contribution is 6.31. The van der Waals surface area contributed by atoms with Crippen molar-refractivity contribution in [3.05, 3.63) is 51.9 Å². The summed E-state index contributed by atoms with van der Waals surface area (Å²) in [6.07, 6.45) is 1.10. The Balaban J connectivity index is 2.15. The highest BCUT2D eigenvalue weighted by Crippen LogP contribution is 2.12. The molecule has 0 atom stereocenters. The number of rotatable bonds is 3. The zero-order valence-corrected chi connectivity index (χ0v) is 10.9. The van der Waals surface area contributed by atoms with Gasteiger partial charge in [-0.1, -0.05) is 23.7 Å². The second-order valence-electron chi connectivity index (χ2n) is 3.91. The summed E-state index contributed by atoms with van der Waals surface area (Å²) in [7, 11) is 0. The van der Waals surface area contributed by atoms with Crippen LogP contribution in [0.4, 0.5) is 15.8 Å². The van der Waals surface area contributed by atoms with Crippen molar-refractivity contribution in [2.75, 3.05) is 11.1 Å². The van der Waals surface area contributed by atoms with E-state index in [1.165, 1.54) is 18.2 Å². The summed E-state index contributed by atoms with van der Waals surface area (Å²) in [5.41, 5.74) is 4.57. The van der Waals surface area contributed by atoms with Crippen LogP contribution >= 0.6 is 11.6 Å². The standard InChI is InChI=1S/C12H10ClFN4O2/c13-11-10(15)12(20)18(6-16-11)5-9(19)17-8-4-2-1-3-7(8)14/h1-4,6H,5,15H2,(H,17,19). The molecule has 6 nitrogen and oxygen atoms in total. The molecular weight excluding hydrogens is 287 g/mol. The van der Waals surface area contributed by atoms with Gasteiger partial charge in [0.15, 0.2) is 5.15 Å². The van der Waals surface area contributed by atoms with E-state index in [-0.39, 0.29) is 23.1 Å². The predicted molar refractivity (Wildman–Crippen MR) is 72.9 cm³/mol. The van der Waals surface area contributed by atoms with Crippen LogP contribution in [-0.4, -0.2) is 15.5 Å². The maximum absolute atomic E-state index is 13.4. The van der Waals surface area contributed by atoms with Crippen LogP contribution in [0.15, 0.2) is 35.4 Å². The van der Waals surface area contributed by atoms with E-state index in [1.54, 1.807) is 6.07 Å². The summed E-state index contributed by atoms with van der Waals surface area (Å²) in [4.78, 5) is 27.1. The summed E-state index contributed by atoms with van der Waals surface area (Å²) in [6.45, 7) is -0.346. The molecule has 104 valence electrons. The van der Waals surface area contributed by atoms with E-state index < -0.39 is 17.3 Å². The normalized spacial score (nSPS) is 10.3. The lowest BCUT2D eigenvalue weighted by Crippen LogP contribution is -2.29. The molecule has 2 rings (SSSR count). The Hall–Kier alpha value is -2.41. The summed E-state index contributed by atoms with van der Waals surface area (Å²) >= 11 is 5.57. The first-order chi connectivity index (χ1) is 9.49. The minimum Gasteiger partial charge on any atom is -0.392 e. The average molecular weight is 297 g/mol. The zero-order chi connectivity index (χ0) is 14.7. The van der Waals surface area contributed by atoms with Gasteiger partial charge in [0.1, 0.15) is 18.0 Å². The van der Waals surface area contributed by atoms with Gasteiger partial charge in [-0.2, -0.15) is 0 Å². The fourth-order valence-corrected chi connectivity index (χ4v) is 1.63. The van der Waals surface area contributed by atoms with Gasteiger partial charge >= 0.3 is 0 Å². The Bertz CT molecular complexity index is 717. The summed E-state index contributed by atoms with van der Waals surface area (Å²) in [5, 5.41) is 2.22. The van der Waals surface area contributed by atoms with Crippen LogP contribution in [-0.2, 0) is 11.3 Å². The van der Waals surface area contributed by atoms with Gasteiger partial charge in [-0.05, 0) is 12.1 Å². The first-order valence-electron chi connectivity index (χ1n) is 5.54. The maximum atomic E-state index is 13.4. The van der Waals surface area contributed by atoms with E-state index in [0.717, 1.165) is 10.9 Å². The molecule has 0 spiro atoms.